The first-order chi connectivity index (χ1) is 10.0. The van der Waals surface area contributed by atoms with Gasteiger partial charge in [0.25, 0.3) is 0 Å². The molecule has 1 N–H and O–H groups in total. The Morgan fingerprint density at radius 2 is 1.76 bits per heavy atom. The molecule has 5 heteroatoms. The van der Waals surface area contributed by atoms with E-state index >= 15 is 0 Å². The summed E-state index contributed by atoms with van der Waals surface area (Å²) < 4.78 is 0. The number of rotatable bonds is 4. The van der Waals surface area contributed by atoms with Gasteiger partial charge >= 0.3 is 0 Å². The number of hydrogen-bond donors (Lipinski definition) is 1. The number of hydrazine groups is 1. The number of nitrogens with one attached hydrogen (secondary N) is 1. The van der Waals surface area contributed by atoms with E-state index < -0.39 is 0 Å². The van der Waals surface area contributed by atoms with Crippen LogP contribution in [0.25, 0.3) is 0 Å². The summed E-state index contributed by atoms with van der Waals surface area (Å²) in [5, 5.41) is 1.75. The van der Waals surface area contributed by atoms with Gasteiger partial charge in [-0.1, -0.05) is 41.9 Å². The second-order valence-corrected chi connectivity index (χ2v) is 4.87. The van der Waals surface area contributed by atoms with Crippen LogP contribution in [0.4, 0.5) is 5.69 Å². The van der Waals surface area contributed by atoms with E-state index in [1.165, 1.54) is 11.9 Å². The predicted molar refractivity (Wildman–Crippen MR) is 83.5 cm³/mol. The average molecular weight is 303 g/mol. The molecule has 0 bridgehead atoms. The predicted octanol–water partition coefficient (Wildman–Crippen LogP) is 3.06. The molecule has 1 amide bonds. The quantitative estimate of drug-likeness (QED) is 0.697. The molecule has 0 fully saturated rings. The number of hydrogen-bond acceptors (Lipinski definition) is 3. The van der Waals surface area contributed by atoms with Crippen molar-refractivity contribution < 1.29 is 9.59 Å². The van der Waals surface area contributed by atoms with Crippen molar-refractivity contribution in [1.82, 2.24) is 5.43 Å². The van der Waals surface area contributed by atoms with E-state index in [1.54, 1.807) is 49.5 Å². The first-order valence-electron chi connectivity index (χ1n) is 6.42. The van der Waals surface area contributed by atoms with Crippen LogP contribution in [-0.2, 0) is 4.79 Å². The number of carbonyl (C=O) groups is 2. The second kappa shape index (κ2) is 6.52. The Bertz CT molecular complexity index is 671. The van der Waals surface area contributed by atoms with E-state index in [4.69, 9.17) is 11.6 Å². The molecule has 0 aromatic heterocycles. The molecule has 0 atom stereocenters. The lowest BCUT2D eigenvalue weighted by Gasteiger charge is -2.22. The summed E-state index contributed by atoms with van der Waals surface area (Å²) in [6.07, 6.45) is 0. The third-order valence-corrected chi connectivity index (χ3v) is 3.25. The lowest BCUT2D eigenvalue weighted by atomic mass is 10.0. The lowest BCUT2D eigenvalue weighted by molar-refractivity contribution is -0.117. The summed E-state index contributed by atoms with van der Waals surface area (Å²) in [4.78, 5) is 24.3. The van der Waals surface area contributed by atoms with Gasteiger partial charge < -0.3 is 0 Å². The first kappa shape index (κ1) is 15.2. The molecule has 2 aromatic carbocycles. The molecule has 0 spiro atoms. The molecule has 0 radical (unpaired) electrons. The van der Waals surface area contributed by atoms with Crippen molar-refractivity contribution in [1.29, 1.82) is 0 Å². The molecule has 0 saturated heterocycles. The van der Waals surface area contributed by atoms with Gasteiger partial charge in [-0.3, -0.25) is 9.59 Å². The molecular formula is C16H15ClN2O2. The van der Waals surface area contributed by atoms with Gasteiger partial charge in [-0.05, 0) is 18.2 Å². The number of nitrogens with zero attached hydrogens (tertiary/aromatic N) is 1. The Kier molecular flexibility index (Phi) is 4.73. The van der Waals surface area contributed by atoms with Crippen LogP contribution in [0.5, 0.6) is 0 Å². The summed E-state index contributed by atoms with van der Waals surface area (Å²) in [6.45, 7) is 1.42. The van der Waals surface area contributed by atoms with Crippen molar-refractivity contribution in [3.63, 3.8) is 0 Å². The lowest BCUT2D eigenvalue weighted by Crippen LogP contribution is -2.40. The zero-order valence-corrected chi connectivity index (χ0v) is 12.5. The van der Waals surface area contributed by atoms with Gasteiger partial charge in [0, 0.05) is 30.1 Å². The van der Waals surface area contributed by atoms with Gasteiger partial charge in [-0.2, -0.15) is 0 Å². The molecule has 0 saturated carbocycles. The molecule has 0 aliphatic heterocycles. The number of halogens is 1. The third kappa shape index (κ3) is 3.29. The Balaban J connectivity index is 2.54. The molecule has 21 heavy (non-hydrogen) atoms. The number of benzene rings is 2. The monoisotopic (exact) mass is 302 g/mol. The van der Waals surface area contributed by atoms with Crippen LogP contribution in [0.1, 0.15) is 22.8 Å². The van der Waals surface area contributed by atoms with Crippen LogP contribution in [-0.4, -0.2) is 18.7 Å². The molecule has 108 valence electrons. The topological polar surface area (TPSA) is 49.4 Å². The first-order valence-corrected chi connectivity index (χ1v) is 6.79. The van der Waals surface area contributed by atoms with Gasteiger partial charge in [-0.25, -0.2) is 10.4 Å². The standard InChI is InChI=1S/C16H15ClN2O2/c1-11(20)19(18-2)15-9-8-13(17)10-14(15)16(21)12-6-4-3-5-7-12/h3-10,18H,1-2H3. The van der Waals surface area contributed by atoms with Crippen molar-refractivity contribution in [2.75, 3.05) is 12.1 Å². The minimum Gasteiger partial charge on any atom is -0.289 e. The highest BCUT2D eigenvalue weighted by Crippen LogP contribution is 2.26. The summed E-state index contributed by atoms with van der Waals surface area (Å²) in [7, 11) is 1.62. The van der Waals surface area contributed by atoms with Crippen LogP contribution >= 0.6 is 11.6 Å². The molecule has 2 rings (SSSR count). The van der Waals surface area contributed by atoms with Crippen LogP contribution < -0.4 is 10.4 Å². The number of anilines is 1. The fourth-order valence-electron chi connectivity index (χ4n) is 2.08. The Morgan fingerprint density at radius 1 is 1.10 bits per heavy atom. The Hall–Kier alpha value is -2.17. The van der Waals surface area contributed by atoms with E-state index in [0.717, 1.165) is 0 Å². The van der Waals surface area contributed by atoms with Gasteiger partial charge in [0.05, 0.1) is 5.69 Å². The van der Waals surface area contributed by atoms with E-state index in [0.29, 0.717) is 21.8 Å². The summed E-state index contributed by atoms with van der Waals surface area (Å²) in [5.74, 6) is -0.406. The molecule has 0 heterocycles. The van der Waals surface area contributed by atoms with E-state index in [-0.39, 0.29) is 11.7 Å². The highest BCUT2D eigenvalue weighted by atomic mass is 35.5. The maximum absolute atomic E-state index is 12.6. The maximum Gasteiger partial charge on any atom is 0.238 e. The van der Waals surface area contributed by atoms with Crippen molar-refractivity contribution in [2.24, 2.45) is 0 Å². The van der Waals surface area contributed by atoms with Gasteiger partial charge in [0.2, 0.25) is 5.91 Å². The molecule has 0 aliphatic carbocycles. The van der Waals surface area contributed by atoms with Crippen molar-refractivity contribution in [2.45, 2.75) is 6.92 Å². The van der Waals surface area contributed by atoms with Gasteiger partial charge in [-0.15, -0.1) is 0 Å². The maximum atomic E-state index is 12.6. The fourth-order valence-corrected chi connectivity index (χ4v) is 2.25. The Morgan fingerprint density at radius 3 is 2.33 bits per heavy atom. The van der Waals surface area contributed by atoms with E-state index in [1.807, 2.05) is 6.07 Å². The summed E-state index contributed by atoms with van der Waals surface area (Å²) in [5.41, 5.74) is 4.16. The largest absolute Gasteiger partial charge is 0.289 e. The van der Waals surface area contributed by atoms with Crippen molar-refractivity contribution in [3.8, 4) is 0 Å². The van der Waals surface area contributed by atoms with E-state index in [2.05, 4.69) is 5.43 Å². The molecule has 2 aromatic rings. The van der Waals surface area contributed by atoms with Crippen molar-refractivity contribution >= 4 is 29.0 Å². The Labute approximate surface area is 128 Å². The van der Waals surface area contributed by atoms with Crippen molar-refractivity contribution in [3.05, 3.63) is 64.7 Å². The minimum atomic E-state index is -0.220. The molecular weight excluding hydrogens is 288 g/mol. The third-order valence-electron chi connectivity index (χ3n) is 3.02. The van der Waals surface area contributed by atoms with Crippen LogP contribution in [0.2, 0.25) is 5.02 Å². The van der Waals surface area contributed by atoms with Crippen LogP contribution in [0.15, 0.2) is 48.5 Å². The smallest absolute Gasteiger partial charge is 0.238 e. The van der Waals surface area contributed by atoms with Gasteiger partial charge in [0.15, 0.2) is 5.78 Å². The fraction of sp³-hybridized carbons (Fsp3) is 0.125. The highest BCUT2D eigenvalue weighted by molar-refractivity contribution is 6.31. The second-order valence-electron chi connectivity index (χ2n) is 4.43. The molecule has 4 nitrogen and oxygen atoms in total. The highest BCUT2D eigenvalue weighted by Gasteiger charge is 2.20. The minimum absolute atomic E-state index is 0.186. The number of ketones is 1. The zero-order chi connectivity index (χ0) is 15.4. The van der Waals surface area contributed by atoms with E-state index in [9.17, 15) is 9.59 Å². The molecule has 0 aliphatic rings. The normalized spacial score (nSPS) is 10.2. The van der Waals surface area contributed by atoms with Gasteiger partial charge in [0.1, 0.15) is 0 Å². The number of amides is 1. The summed E-state index contributed by atoms with van der Waals surface area (Å²) in [6, 6.07) is 13.7. The zero-order valence-electron chi connectivity index (χ0n) is 11.8. The van der Waals surface area contributed by atoms with Crippen LogP contribution in [0, 0.1) is 0 Å². The summed E-state index contributed by atoms with van der Waals surface area (Å²) >= 11 is 6.00. The average Bonchev–Trinajstić information content (AvgIpc) is 2.49. The molecule has 0 unspecified atom stereocenters. The SMILES string of the molecule is CNN(C(C)=O)c1ccc(Cl)cc1C(=O)c1ccccc1. The van der Waals surface area contributed by atoms with Crippen LogP contribution in [0.3, 0.4) is 0 Å². The number of carbonyl (C=O) groups excluding carboxylic acids is 2.